The van der Waals surface area contributed by atoms with E-state index in [1.165, 1.54) is 0 Å². The zero-order chi connectivity index (χ0) is 22.3. The number of rotatable bonds is 7. The largest absolute Gasteiger partial charge is 0.486 e. The summed E-state index contributed by atoms with van der Waals surface area (Å²) >= 11 is 6.16. The molecule has 7 heteroatoms. The molecule has 3 aromatic rings. The van der Waals surface area contributed by atoms with Crippen LogP contribution in [0.3, 0.4) is 0 Å². The van der Waals surface area contributed by atoms with Crippen molar-refractivity contribution < 1.29 is 19.1 Å². The van der Waals surface area contributed by atoms with Gasteiger partial charge in [-0.05, 0) is 29.8 Å². The van der Waals surface area contributed by atoms with Crippen molar-refractivity contribution in [3.8, 4) is 11.5 Å². The minimum Gasteiger partial charge on any atom is -0.486 e. The molecule has 1 aliphatic rings. The van der Waals surface area contributed by atoms with Crippen LogP contribution in [0, 0.1) is 0 Å². The Morgan fingerprint density at radius 1 is 0.938 bits per heavy atom. The summed E-state index contributed by atoms with van der Waals surface area (Å²) in [5.74, 6) is 0.812. The lowest BCUT2D eigenvalue weighted by Crippen LogP contribution is -2.42. The first-order valence-corrected chi connectivity index (χ1v) is 10.7. The van der Waals surface area contributed by atoms with E-state index in [2.05, 4.69) is 10.6 Å². The first kappa shape index (κ1) is 21.7. The van der Waals surface area contributed by atoms with Gasteiger partial charge in [-0.15, -0.1) is 0 Å². The Balaban J connectivity index is 1.38. The third kappa shape index (κ3) is 5.39. The average Bonchev–Trinajstić information content (AvgIpc) is 2.83. The molecule has 0 fully saturated rings. The molecule has 1 heterocycles. The van der Waals surface area contributed by atoms with E-state index in [4.69, 9.17) is 21.1 Å². The summed E-state index contributed by atoms with van der Waals surface area (Å²) in [7, 11) is 0. The Morgan fingerprint density at radius 2 is 1.62 bits per heavy atom. The third-order valence-corrected chi connectivity index (χ3v) is 5.44. The van der Waals surface area contributed by atoms with E-state index in [-0.39, 0.29) is 24.3 Å². The number of fused-ring (bicyclic) bond motifs is 1. The van der Waals surface area contributed by atoms with Crippen LogP contribution in [0.1, 0.15) is 28.4 Å². The fourth-order valence-electron chi connectivity index (χ4n) is 3.47. The molecule has 0 radical (unpaired) electrons. The molecule has 0 saturated carbocycles. The Hall–Kier alpha value is -3.51. The van der Waals surface area contributed by atoms with Crippen LogP contribution in [0.2, 0.25) is 5.02 Å². The summed E-state index contributed by atoms with van der Waals surface area (Å²) < 4.78 is 11.6. The van der Waals surface area contributed by atoms with Gasteiger partial charge >= 0.3 is 0 Å². The standard InChI is InChI=1S/C25H23ClN2O4/c26-20-11-5-4-10-19(20)25(30)28-21(17-8-2-1-3-9-17)14-24(29)27-15-18-16-31-22-12-6-7-13-23(22)32-18/h1-13,18,21H,14-16H2,(H,27,29)(H,28,30). The number of para-hydroxylation sites is 2. The van der Waals surface area contributed by atoms with Gasteiger partial charge in [0.15, 0.2) is 11.5 Å². The van der Waals surface area contributed by atoms with Gasteiger partial charge in [-0.25, -0.2) is 0 Å². The average molecular weight is 451 g/mol. The zero-order valence-corrected chi connectivity index (χ0v) is 18.0. The number of nitrogens with one attached hydrogen (secondary N) is 2. The molecule has 0 bridgehead atoms. The van der Waals surface area contributed by atoms with Crippen LogP contribution < -0.4 is 20.1 Å². The van der Waals surface area contributed by atoms with Gasteiger partial charge in [0.2, 0.25) is 5.91 Å². The molecule has 2 unspecified atom stereocenters. The van der Waals surface area contributed by atoms with Crippen LogP contribution >= 0.6 is 11.6 Å². The second-order valence-corrected chi connectivity index (χ2v) is 7.83. The SMILES string of the molecule is O=C(CC(NC(=O)c1ccccc1Cl)c1ccccc1)NCC1COc2ccccc2O1. The van der Waals surface area contributed by atoms with Crippen LogP contribution in [0.25, 0.3) is 0 Å². The fourth-order valence-corrected chi connectivity index (χ4v) is 3.69. The summed E-state index contributed by atoms with van der Waals surface area (Å²) in [6.07, 6.45) is -0.216. The number of halogens is 1. The van der Waals surface area contributed by atoms with Crippen molar-refractivity contribution in [3.63, 3.8) is 0 Å². The van der Waals surface area contributed by atoms with Crippen molar-refractivity contribution in [1.29, 1.82) is 0 Å². The number of benzene rings is 3. The van der Waals surface area contributed by atoms with Crippen molar-refractivity contribution in [1.82, 2.24) is 10.6 Å². The first-order chi connectivity index (χ1) is 15.6. The van der Waals surface area contributed by atoms with E-state index in [0.717, 1.165) is 5.56 Å². The molecule has 2 amide bonds. The van der Waals surface area contributed by atoms with Gasteiger partial charge in [0, 0.05) is 0 Å². The summed E-state index contributed by atoms with van der Waals surface area (Å²) in [5.41, 5.74) is 1.19. The maximum Gasteiger partial charge on any atom is 0.253 e. The highest BCUT2D eigenvalue weighted by Crippen LogP contribution is 2.30. The first-order valence-electron chi connectivity index (χ1n) is 10.4. The molecule has 2 N–H and O–H groups in total. The lowest BCUT2D eigenvalue weighted by molar-refractivity contribution is -0.122. The predicted molar refractivity (Wildman–Crippen MR) is 122 cm³/mol. The Labute approximate surface area is 191 Å². The highest BCUT2D eigenvalue weighted by Gasteiger charge is 2.23. The van der Waals surface area contributed by atoms with E-state index in [0.29, 0.717) is 35.2 Å². The quantitative estimate of drug-likeness (QED) is 0.566. The molecule has 3 aromatic carbocycles. The molecule has 6 nitrogen and oxygen atoms in total. The van der Waals surface area contributed by atoms with Gasteiger partial charge in [0.25, 0.3) is 5.91 Å². The van der Waals surface area contributed by atoms with Gasteiger partial charge in [0.05, 0.1) is 29.6 Å². The lowest BCUT2D eigenvalue weighted by atomic mass is 10.0. The van der Waals surface area contributed by atoms with Gasteiger partial charge < -0.3 is 20.1 Å². The third-order valence-electron chi connectivity index (χ3n) is 5.11. The van der Waals surface area contributed by atoms with E-state index in [9.17, 15) is 9.59 Å². The molecule has 164 valence electrons. The lowest BCUT2D eigenvalue weighted by Gasteiger charge is -2.27. The Bertz CT molecular complexity index is 1090. The zero-order valence-electron chi connectivity index (χ0n) is 17.3. The van der Waals surface area contributed by atoms with Gasteiger partial charge in [-0.2, -0.15) is 0 Å². The topological polar surface area (TPSA) is 76.7 Å². The molecule has 2 atom stereocenters. The maximum atomic E-state index is 12.8. The molecule has 0 aromatic heterocycles. The summed E-state index contributed by atoms with van der Waals surface area (Å²) in [6, 6.07) is 23.1. The molecule has 1 aliphatic heterocycles. The second kappa shape index (κ2) is 10.2. The number of ether oxygens (including phenoxy) is 2. The van der Waals surface area contributed by atoms with Crippen LogP contribution in [0.5, 0.6) is 11.5 Å². The molecule has 4 rings (SSSR count). The van der Waals surface area contributed by atoms with E-state index >= 15 is 0 Å². The van der Waals surface area contributed by atoms with Crippen LogP contribution in [0.4, 0.5) is 0 Å². The van der Waals surface area contributed by atoms with E-state index < -0.39 is 6.04 Å². The molecular weight excluding hydrogens is 428 g/mol. The summed E-state index contributed by atoms with van der Waals surface area (Å²) in [6.45, 7) is 0.649. The van der Waals surface area contributed by atoms with Crippen LogP contribution in [0.15, 0.2) is 78.9 Å². The summed E-state index contributed by atoms with van der Waals surface area (Å²) in [4.78, 5) is 25.5. The molecule has 0 aliphatic carbocycles. The van der Waals surface area contributed by atoms with Crippen LogP contribution in [-0.4, -0.2) is 31.1 Å². The fraction of sp³-hybridized carbons (Fsp3) is 0.200. The number of carbonyl (C=O) groups excluding carboxylic acids is 2. The molecule has 32 heavy (non-hydrogen) atoms. The van der Waals surface area contributed by atoms with Crippen molar-refractivity contribution >= 4 is 23.4 Å². The van der Waals surface area contributed by atoms with Crippen molar-refractivity contribution in [3.05, 3.63) is 95.0 Å². The van der Waals surface area contributed by atoms with Crippen LogP contribution in [-0.2, 0) is 4.79 Å². The van der Waals surface area contributed by atoms with Crippen molar-refractivity contribution in [2.45, 2.75) is 18.6 Å². The van der Waals surface area contributed by atoms with Crippen molar-refractivity contribution in [2.24, 2.45) is 0 Å². The minimum atomic E-state index is -0.510. The smallest absolute Gasteiger partial charge is 0.253 e. The molecule has 0 spiro atoms. The van der Waals surface area contributed by atoms with Gasteiger partial charge in [-0.3, -0.25) is 9.59 Å². The Morgan fingerprint density at radius 3 is 2.41 bits per heavy atom. The number of hydrogen-bond donors (Lipinski definition) is 2. The van der Waals surface area contributed by atoms with Gasteiger partial charge in [0.1, 0.15) is 12.7 Å². The minimum absolute atomic E-state index is 0.0738. The number of carbonyl (C=O) groups is 2. The van der Waals surface area contributed by atoms with Crippen molar-refractivity contribution in [2.75, 3.05) is 13.2 Å². The van der Waals surface area contributed by atoms with E-state index in [1.807, 2.05) is 54.6 Å². The maximum absolute atomic E-state index is 12.8. The highest BCUT2D eigenvalue weighted by molar-refractivity contribution is 6.33. The predicted octanol–water partition coefficient (Wildman–Crippen LogP) is 4.16. The number of amides is 2. The molecule has 0 saturated heterocycles. The van der Waals surface area contributed by atoms with Gasteiger partial charge in [-0.1, -0.05) is 66.2 Å². The Kier molecular flexibility index (Phi) is 6.92. The number of hydrogen-bond acceptors (Lipinski definition) is 4. The summed E-state index contributed by atoms with van der Waals surface area (Å²) in [5, 5.41) is 6.18. The molecular formula is C25H23ClN2O4. The normalized spacial score (nSPS) is 15.5. The van der Waals surface area contributed by atoms with E-state index in [1.54, 1.807) is 24.3 Å². The second-order valence-electron chi connectivity index (χ2n) is 7.42. The highest BCUT2D eigenvalue weighted by atomic mass is 35.5. The monoisotopic (exact) mass is 450 g/mol.